The summed E-state index contributed by atoms with van der Waals surface area (Å²) in [6, 6.07) is 17.0. The Balaban J connectivity index is 1.00. The number of hydrogen-bond donors (Lipinski definition) is 1. The van der Waals surface area contributed by atoms with Gasteiger partial charge in [-0.2, -0.15) is 5.10 Å². The summed E-state index contributed by atoms with van der Waals surface area (Å²) in [6.07, 6.45) is 1.27. The summed E-state index contributed by atoms with van der Waals surface area (Å²) in [4.78, 5) is 42.4. The average Bonchev–Trinajstić information content (AvgIpc) is 3.76. The molecule has 2 aromatic rings. The van der Waals surface area contributed by atoms with Gasteiger partial charge in [0.15, 0.2) is 0 Å². The molecule has 2 aromatic carbocycles. The molecule has 0 bridgehead atoms. The van der Waals surface area contributed by atoms with Gasteiger partial charge < -0.3 is 24.6 Å². The number of nitrogens with zero attached hydrogens (tertiary/aromatic N) is 4. The second kappa shape index (κ2) is 12.0. The van der Waals surface area contributed by atoms with Crippen LogP contribution in [0, 0.1) is 11.8 Å². The van der Waals surface area contributed by atoms with E-state index in [9.17, 15) is 14.4 Å². The molecular formula is C31H37N5O5. The minimum Gasteiger partial charge on any atom is -0.444 e. The number of likely N-dealkylation sites (tertiary alicyclic amines) is 2. The molecule has 4 aliphatic heterocycles. The summed E-state index contributed by atoms with van der Waals surface area (Å²) in [6.45, 7) is 7.14. The van der Waals surface area contributed by atoms with Crippen LogP contribution in [0.1, 0.15) is 48.1 Å². The van der Waals surface area contributed by atoms with E-state index in [1.54, 1.807) is 24.3 Å². The van der Waals surface area contributed by atoms with E-state index < -0.39 is 6.09 Å². The first-order chi connectivity index (χ1) is 19.9. The molecule has 3 unspecified atom stereocenters. The molecule has 0 saturated carbocycles. The molecule has 10 heteroatoms. The lowest BCUT2D eigenvalue weighted by atomic mass is 10.0. The van der Waals surface area contributed by atoms with Gasteiger partial charge in [0.1, 0.15) is 6.10 Å². The molecule has 4 atom stereocenters. The highest BCUT2D eigenvalue weighted by Crippen LogP contribution is 2.33. The van der Waals surface area contributed by atoms with Crippen LogP contribution in [0.2, 0.25) is 0 Å². The van der Waals surface area contributed by atoms with Crippen LogP contribution >= 0.6 is 0 Å². The summed E-state index contributed by atoms with van der Waals surface area (Å²) < 4.78 is 10.9. The Morgan fingerprint density at radius 3 is 2.41 bits per heavy atom. The number of nitrogens with one attached hydrogen (secondary N) is 1. The van der Waals surface area contributed by atoms with Gasteiger partial charge >= 0.3 is 6.09 Å². The first-order valence-corrected chi connectivity index (χ1v) is 14.5. The van der Waals surface area contributed by atoms with Crippen LogP contribution in [0.4, 0.5) is 10.5 Å². The zero-order valence-corrected chi connectivity index (χ0v) is 23.4. The van der Waals surface area contributed by atoms with Crippen molar-refractivity contribution in [3.05, 3.63) is 65.7 Å². The van der Waals surface area contributed by atoms with E-state index in [2.05, 4.69) is 15.3 Å². The smallest absolute Gasteiger partial charge is 0.407 e. The predicted octanol–water partition coefficient (Wildman–Crippen LogP) is 3.45. The maximum atomic E-state index is 13.3. The van der Waals surface area contributed by atoms with Crippen LogP contribution < -0.4 is 10.3 Å². The Morgan fingerprint density at radius 1 is 1.05 bits per heavy atom. The van der Waals surface area contributed by atoms with E-state index in [4.69, 9.17) is 9.47 Å². The summed E-state index contributed by atoms with van der Waals surface area (Å²) in [5.74, 6) is 0.856. The molecule has 3 amide bonds. The Labute approximate surface area is 240 Å². The monoisotopic (exact) mass is 559 g/mol. The predicted molar refractivity (Wildman–Crippen MR) is 154 cm³/mol. The Kier molecular flexibility index (Phi) is 8.02. The number of hydrogen-bond acceptors (Lipinski definition) is 7. The number of benzene rings is 2. The van der Waals surface area contributed by atoms with Gasteiger partial charge in [-0.3, -0.25) is 9.59 Å². The SMILES string of the molecule is CC1=NN(c2ccc(C(=O)N3CC4CN(CCC(NC(=O)OC5CCOC5)c5ccccc5)C[C@H]4C3)cc2)C(=O)C1. The molecule has 4 heterocycles. The van der Waals surface area contributed by atoms with Gasteiger partial charge in [0.25, 0.3) is 11.8 Å². The number of hydrazone groups is 1. The lowest BCUT2D eigenvalue weighted by Gasteiger charge is -2.25. The molecule has 10 nitrogen and oxygen atoms in total. The highest BCUT2D eigenvalue weighted by Gasteiger charge is 2.41. The molecule has 0 radical (unpaired) electrons. The topological polar surface area (TPSA) is 104 Å². The minimum absolute atomic E-state index is 0.0319. The molecule has 0 spiro atoms. The zero-order chi connectivity index (χ0) is 28.3. The van der Waals surface area contributed by atoms with Gasteiger partial charge in [-0.1, -0.05) is 30.3 Å². The molecule has 1 N–H and O–H groups in total. The quantitative estimate of drug-likeness (QED) is 0.532. The fraction of sp³-hybridized carbons (Fsp3) is 0.484. The molecule has 41 heavy (non-hydrogen) atoms. The first kappa shape index (κ1) is 27.4. The van der Waals surface area contributed by atoms with Gasteiger partial charge in [-0.05, 0) is 55.0 Å². The van der Waals surface area contributed by atoms with Crippen LogP contribution in [-0.4, -0.2) is 85.5 Å². The van der Waals surface area contributed by atoms with E-state index in [-0.39, 0.29) is 24.0 Å². The van der Waals surface area contributed by atoms with E-state index >= 15 is 0 Å². The van der Waals surface area contributed by atoms with E-state index in [0.717, 1.165) is 56.8 Å². The number of rotatable bonds is 8. The lowest BCUT2D eigenvalue weighted by Crippen LogP contribution is -2.36. The highest BCUT2D eigenvalue weighted by atomic mass is 16.6. The second-order valence-electron chi connectivity index (χ2n) is 11.5. The van der Waals surface area contributed by atoms with E-state index in [1.807, 2.05) is 42.2 Å². The van der Waals surface area contributed by atoms with Crippen LogP contribution in [0.15, 0.2) is 59.7 Å². The number of carbonyl (C=O) groups excluding carboxylic acids is 3. The summed E-state index contributed by atoms with van der Waals surface area (Å²) >= 11 is 0. The summed E-state index contributed by atoms with van der Waals surface area (Å²) in [5, 5.41) is 8.77. The van der Waals surface area contributed by atoms with Crippen LogP contribution in [-0.2, 0) is 14.3 Å². The number of fused-ring (bicyclic) bond motifs is 1. The van der Waals surface area contributed by atoms with Crippen molar-refractivity contribution in [2.24, 2.45) is 16.9 Å². The summed E-state index contributed by atoms with van der Waals surface area (Å²) in [7, 11) is 0. The van der Waals surface area contributed by atoms with Crippen molar-refractivity contribution in [1.29, 1.82) is 0 Å². The van der Waals surface area contributed by atoms with Gasteiger partial charge in [0, 0.05) is 50.4 Å². The molecule has 216 valence electrons. The number of amides is 3. The maximum absolute atomic E-state index is 13.3. The number of carbonyl (C=O) groups is 3. The van der Waals surface area contributed by atoms with Crippen molar-refractivity contribution in [3.8, 4) is 0 Å². The Morgan fingerprint density at radius 2 is 1.78 bits per heavy atom. The van der Waals surface area contributed by atoms with Gasteiger partial charge in [-0.25, -0.2) is 9.80 Å². The molecule has 3 fully saturated rings. The Hall–Kier alpha value is -3.76. The first-order valence-electron chi connectivity index (χ1n) is 14.5. The highest BCUT2D eigenvalue weighted by molar-refractivity contribution is 6.12. The average molecular weight is 560 g/mol. The third kappa shape index (κ3) is 6.28. The summed E-state index contributed by atoms with van der Waals surface area (Å²) in [5.41, 5.74) is 3.16. The molecule has 0 aliphatic carbocycles. The normalized spacial score (nSPS) is 24.9. The third-order valence-corrected chi connectivity index (χ3v) is 8.51. The van der Waals surface area contributed by atoms with Crippen molar-refractivity contribution >= 4 is 29.3 Å². The molecule has 4 aliphatic rings. The van der Waals surface area contributed by atoms with Crippen molar-refractivity contribution in [3.63, 3.8) is 0 Å². The fourth-order valence-corrected chi connectivity index (χ4v) is 6.38. The molecular weight excluding hydrogens is 522 g/mol. The number of ether oxygens (including phenoxy) is 2. The van der Waals surface area contributed by atoms with E-state index in [1.165, 1.54) is 5.01 Å². The van der Waals surface area contributed by atoms with Crippen LogP contribution in [0.3, 0.4) is 0 Å². The second-order valence-corrected chi connectivity index (χ2v) is 11.5. The molecule has 3 saturated heterocycles. The fourth-order valence-electron chi connectivity index (χ4n) is 6.38. The largest absolute Gasteiger partial charge is 0.444 e. The number of alkyl carbamates (subject to hydrolysis) is 1. The molecule has 6 rings (SSSR count). The van der Waals surface area contributed by atoms with E-state index in [0.29, 0.717) is 42.7 Å². The van der Waals surface area contributed by atoms with Crippen molar-refractivity contribution in [1.82, 2.24) is 15.1 Å². The Bertz CT molecular complexity index is 1280. The minimum atomic E-state index is -0.398. The van der Waals surface area contributed by atoms with Gasteiger partial charge in [0.2, 0.25) is 0 Å². The van der Waals surface area contributed by atoms with Gasteiger partial charge in [-0.15, -0.1) is 0 Å². The lowest BCUT2D eigenvalue weighted by molar-refractivity contribution is -0.116. The maximum Gasteiger partial charge on any atom is 0.407 e. The van der Waals surface area contributed by atoms with Crippen LogP contribution in [0.25, 0.3) is 0 Å². The van der Waals surface area contributed by atoms with Crippen molar-refractivity contribution < 1.29 is 23.9 Å². The third-order valence-electron chi connectivity index (χ3n) is 8.51. The molecule has 0 aromatic heterocycles. The van der Waals surface area contributed by atoms with Crippen molar-refractivity contribution in [2.75, 3.05) is 50.9 Å². The van der Waals surface area contributed by atoms with Gasteiger partial charge in [0.05, 0.1) is 31.4 Å². The van der Waals surface area contributed by atoms with Crippen molar-refractivity contribution in [2.45, 2.75) is 38.3 Å². The zero-order valence-electron chi connectivity index (χ0n) is 23.4. The van der Waals surface area contributed by atoms with Crippen LogP contribution in [0.5, 0.6) is 0 Å². The standard InChI is InChI=1S/C31H37N5O5/c1-21-15-29(37)36(33-21)26-9-7-23(8-10-26)30(38)35-18-24-16-34(17-25(24)19-35)13-11-28(22-5-3-2-4-6-22)32-31(39)41-27-12-14-40-20-27/h2-10,24-25,27-28H,11-20H2,1H3,(H,32,39)/t24-,25?,27?,28?/m0/s1. The number of anilines is 1.